The molecule has 18 heavy (non-hydrogen) atoms. The number of carbonyl (C=O) groups is 1. The van der Waals surface area contributed by atoms with E-state index in [4.69, 9.17) is 5.11 Å². The number of thioether (sulfide) groups is 1. The van der Waals surface area contributed by atoms with Crippen LogP contribution in [0.5, 0.6) is 0 Å². The maximum Gasteiger partial charge on any atom is 0.325 e. The van der Waals surface area contributed by atoms with E-state index in [2.05, 4.69) is 15.5 Å². The Kier molecular flexibility index (Phi) is 3.54. The van der Waals surface area contributed by atoms with Crippen molar-refractivity contribution in [2.24, 2.45) is 0 Å². The molecule has 1 aliphatic heterocycles. The molecule has 1 aromatic rings. The zero-order valence-electron chi connectivity index (χ0n) is 9.00. The third kappa shape index (κ3) is 2.97. The number of carboxylic acids is 1. The standard InChI is InChI=1S/C7H10N4O5S2/c12-4-2-18(15,16)3-5(4)17-7-8-9-10-11(7)1-6(13)14/h4-5,12H,1-3H2,(H,13,14). The molecule has 2 rings (SSSR count). The van der Waals surface area contributed by atoms with Crippen LogP contribution in [0.3, 0.4) is 0 Å². The number of rotatable bonds is 4. The molecule has 2 heterocycles. The highest BCUT2D eigenvalue weighted by Gasteiger charge is 2.38. The van der Waals surface area contributed by atoms with Crippen LogP contribution in [-0.2, 0) is 21.2 Å². The minimum atomic E-state index is -3.25. The number of aliphatic carboxylic acids is 1. The minimum Gasteiger partial charge on any atom is -0.480 e. The second-order valence-corrected chi connectivity index (χ2v) is 7.17. The fourth-order valence-corrected chi connectivity index (χ4v) is 5.01. The van der Waals surface area contributed by atoms with Gasteiger partial charge in [0.15, 0.2) is 9.84 Å². The van der Waals surface area contributed by atoms with Crippen LogP contribution >= 0.6 is 11.8 Å². The van der Waals surface area contributed by atoms with Crippen molar-refractivity contribution in [1.82, 2.24) is 20.2 Å². The number of nitrogens with zero attached hydrogens (tertiary/aromatic N) is 4. The van der Waals surface area contributed by atoms with Gasteiger partial charge in [-0.15, -0.1) is 5.10 Å². The number of sulfone groups is 1. The second-order valence-electron chi connectivity index (χ2n) is 3.81. The first-order chi connectivity index (χ1) is 8.37. The zero-order chi connectivity index (χ0) is 13.3. The normalized spacial score (nSPS) is 26.3. The van der Waals surface area contributed by atoms with Crippen LogP contribution in [0.4, 0.5) is 0 Å². The average Bonchev–Trinajstić information content (AvgIpc) is 2.72. The van der Waals surface area contributed by atoms with Gasteiger partial charge >= 0.3 is 5.97 Å². The SMILES string of the molecule is O=C(O)Cn1nnnc1SC1CS(=O)(=O)CC1O. The Morgan fingerprint density at radius 2 is 2.22 bits per heavy atom. The van der Waals surface area contributed by atoms with Crippen molar-refractivity contribution in [2.75, 3.05) is 11.5 Å². The quantitative estimate of drug-likeness (QED) is 0.646. The molecule has 100 valence electrons. The Labute approximate surface area is 106 Å². The van der Waals surface area contributed by atoms with E-state index in [9.17, 15) is 18.3 Å². The Bertz CT molecular complexity index is 556. The molecule has 2 N–H and O–H groups in total. The Morgan fingerprint density at radius 1 is 1.50 bits per heavy atom. The first-order valence-electron chi connectivity index (χ1n) is 4.90. The second kappa shape index (κ2) is 4.82. The topological polar surface area (TPSA) is 135 Å². The van der Waals surface area contributed by atoms with Gasteiger partial charge in [-0.1, -0.05) is 11.8 Å². The summed E-state index contributed by atoms with van der Waals surface area (Å²) in [5.41, 5.74) is 0. The van der Waals surface area contributed by atoms with Gasteiger partial charge in [0.2, 0.25) is 5.16 Å². The van der Waals surface area contributed by atoms with Crippen LogP contribution in [0, 0.1) is 0 Å². The predicted molar refractivity (Wildman–Crippen MR) is 59.8 cm³/mol. The molecule has 0 radical (unpaired) electrons. The van der Waals surface area contributed by atoms with Gasteiger partial charge in [-0.05, 0) is 10.4 Å². The van der Waals surface area contributed by atoms with E-state index < -0.39 is 33.7 Å². The summed E-state index contributed by atoms with van der Waals surface area (Å²) < 4.78 is 23.7. The smallest absolute Gasteiger partial charge is 0.325 e. The highest BCUT2D eigenvalue weighted by atomic mass is 32.2. The van der Waals surface area contributed by atoms with E-state index >= 15 is 0 Å². The minimum absolute atomic E-state index is 0.168. The highest BCUT2D eigenvalue weighted by Crippen LogP contribution is 2.29. The summed E-state index contributed by atoms with van der Waals surface area (Å²) in [4.78, 5) is 10.6. The molecule has 0 amide bonds. The fraction of sp³-hybridized carbons (Fsp3) is 0.714. The van der Waals surface area contributed by atoms with Gasteiger partial charge in [0.05, 0.1) is 22.9 Å². The third-order valence-corrected chi connectivity index (χ3v) is 5.53. The van der Waals surface area contributed by atoms with Crippen molar-refractivity contribution < 1.29 is 23.4 Å². The van der Waals surface area contributed by atoms with Gasteiger partial charge in [-0.2, -0.15) is 0 Å². The van der Waals surface area contributed by atoms with Crippen LogP contribution in [0.15, 0.2) is 5.16 Å². The van der Waals surface area contributed by atoms with Crippen molar-refractivity contribution in [2.45, 2.75) is 23.1 Å². The van der Waals surface area contributed by atoms with Crippen LogP contribution < -0.4 is 0 Å². The van der Waals surface area contributed by atoms with Crippen LogP contribution in [-0.4, -0.2) is 67.7 Å². The summed E-state index contributed by atoms with van der Waals surface area (Å²) >= 11 is 0.971. The number of aliphatic hydroxyl groups is 1. The van der Waals surface area contributed by atoms with E-state index in [1.165, 1.54) is 0 Å². The molecule has 11 heteroatoms. The van der Waals surface area contributed by atoms with E-state index in [1.807, 2.05) is 0 Å². The van der Waals surface area contributed by atoms with E-state index in [-0.39, 0.29) is 16.7 Å². The molecular weight excluding hydrogens is 284 g/mol. The van der Waals surface area contributed by atoms with E-state index in [1.54, 1.807) is 0 Å². The lowest BCUT2D eigenvalue weighted by atomic mass is 10.3. The Balaban J connectivity index is 2.10. The van der Waals surface area contributed by atoms with Gasteiger partial charge in [0, 0.05) is 0 Å². The average molecular weight is 294 g/mol. The Hall–Kier alpha value is -1.20. The van der Waals surface area contributed by atoms with Gasteiger partial charge in [-0.25, -0.2) is 13.1 Å². The van der Waals surface area contributed by atoms with Gasteiger partial charge in [0.1, 0.15) is 6.54 Å². The monoisotopic (exact) mass is 294 g/mol. The van der Waals surface area contributed by atoms with Crippen molar-refractivity contribution in [3.8, 4) is 0 Å². The molecule has 0 aliphatic carbocycles. The van der Waals surface area contributed by atoms with Crippen molar-refractivity contribution in [3.63, 3.8) is 0 Å². The van der Waals surface area contributed by atoms with Gasteiger partial charge in [0.25, 0.3) is 0 Å². The summed E-state index contributed by atoms with van der Waals surface area (Å²) in [5, 5.41) is 28.3. The third-order valence-electron chi connectivity index (χ3n) is 2.31. The van der Waals surface area contributed by atoms with Crippen LogP contribution in [0.1, 0.15) is 0 Å². The molecule has 1 aliphatic rings. The lowest BCUT2D eigenvalue weighted by molar-refractivity contribution is -0.138. The van der Waals surface area contributed by atoms with Crippen molar-refractivity contribution in [3.05, 3.63) is 0 Å². The highest BCUT2D eigenvalue weighted by molar-refractivity contribution is 8.01. The molecule has 1 aromatic heterocycles. The zero-order valence-corrected chi connectivity index (χ0v) is 10.6. The molecule has 1 saturated heterocycles. The number of hydrogen-bond donors (Lipinski definition) is 2. The summed E-state index contributed by atoms with van der Waals surface area (Å²) in [5.74, 6) is -1.56. The van der Waals surface area contributed by atoms with Gasteiger partial charge < -0.3 is 10.2 Å². The first-order valence-corrected chi connectivity index (χ1v) is 7.60. The number of carboxylic acid groups (broad SMARTS) is 1. The number of hydrogen-bond acceptors (Lipinski definition) is 8. The molecule has 1 fully saturated rings. The largest absolute Gasteiger partial charge is 0.480 e. The van der Waals surface area contributed by atoms with E-state index in [0.717, 1.165) is 16.4 Å². The van der Waals surface area contributed by atoms with E-state index in [0.29, 0.717) is 0 Å². The lowest BCUT2D eigenvalue weighted by Gasteiger charge is -2.10. The van der Waals surface area contributed by atoms with Crippen LogP contribution in [0.25, 0.3) is 0 Å². The number of aliphatic hydroxyl groups excluding tert-OH is 1. The Morgan fingerprint density at radius 3 is 2.78 bits per heavy atom. The summed E-state index contributed by atoms with van der Waals surface area (Å²) in [6, 6.07) is 0. The van der Waals surface area contributed by atoms with Crippen LogP contribution in [0.2, 0.25) is 0 Å². The number of tetrazole rings is 1. The summed E-state index contributed by atoms with van der Waals surface area (Å²) in [7, 11) is -3.25. The van der Waals surface area contributed by atoms with Crippen molar-refractivity contribution >= 4 is 27.6 Å². The lowest BCUT2D eigenvalue weighted by Crippen LogP contribution is -2.21. The molecular formula is C7H10N4O5S2. The first kappa shape index (κ1) is 13.2. The van der Waals surface area contributed by atoms with Crippen molar-refractivity contribution in [1.29, 1.82) is 0 Å². The fourth-order valence-electron chi connectivity index (χ4n) is 1.55. The molecule has 9 nitrogen and oxygen atoms in total. The molecule has 0 spiro atoms. The molecule has 2 unspecified atom stereocenters. The molecule has 0 aromatic carbocycles. The molecule has 0 saturated carbocycles. The molecule has 0 bridgehead atoms. The summed E-state index contributed by atoms with van der Waals surface area (Å²) in [6.07, 6.45) is -0.991. The predicted octanol–water partition coefficient (Wildman–Crippen LogP) is -1.99. The molecule has 2 atom stereocenters. The number of aromatic nitrogens is 4. The van der Waals surface area contributed by atoms with Gasteiger partial charge in [-0.3, -0.25) is 4.79 Å². The maximum absolute atomic E-state index is 11.3. The maximum atomic E-state index is 11.3. The summed E-state index contributed by atoms with van der Waals surface area (Å²) in [6.45, 7) is -0.412.